The highest BCUT2D eigenvalue weighted by Gasteiger charge is 2.28. The normalized spacial score (nSPS) is 18.8. The quantitative estimate of drug-likeness (QED) is 0.750. The van der Waals surface area contributed by atoms with E-state index in [9.17, 15) is 8.42 Å². The van der Waals surface area contributed by atoms with Crippen molar-refractivity contribution in [3.63, 3.8) is 0 Å². The van der Waals surface area contributed by atoms with Gasteiger partial charge in [-0.2, -0.15) is 16.1 Å². The Morgan fingerprint density at radius 2 is 2.05 bits per heavy atom. The Kier molecular flexibility index (Phi) is 5.70. The maximum absolute atomic E-state index is 12.3. The number of thioether (sulfide) groups is 1. The molecule has 1 aromatic rings. The lowest BCUT2D eigenvalue weighted by molar-refractivity contribution is 0.189. The monoisotopic (exact) mass is 320 g/mol. The van der Waals surface area contributed by atoms with Crippen LogP contribution in [0, 0.1) is 0 Å². The zero-order chi connectivity index (χ0) is 13.7. The molecule has 1 saturated heterocycles. The topological polar surface area (TPSA) is 40.6 Å². The summed E-state index contributed by atoms with van der Waals surface area (Å²) in [6.45, 7) is 3.99. The number of nitrogens with zero attached hydrogens (tertiary/aromatic N) is 2. The van der Waals surface area contributed by atoms with Crippen LogP contribution in [0.5, 0.6) is 0 Å². The third-order valence-electron chi connectivity index (χ3n) is 3.24. The van der Waals surface area contributed by atoms with Crippen LogP contribution in [-0.2, 0) is 10.0 Å². The van der Waals surface area contributed by atoms with Crippen molar-refractivity contribution in [3.05, 3.63) is 17.5 Å². The summed E-state index contributed by atoms with van der Waals surface area (Å²) in [5.41, 5.74) is 0. The Morgan fingerprint density at radius 3 is 2.63 bits per heavy atom. The summed E-state index contributed by atoms with van der Waals surface area (Å²) < 4.78 is 26.7. The van der Waals surface area contributed by atoms with Crippen LogP contribution in [0.2, 0.25) is 0 Å². The smallest absolute Gasteiger partial charge is 0.252 e. The first-order valence-corrected chi connectivity index (χ1v) is 10.1. The number of rotatable bonds is 6. The predicted octanol–water partition coefficient (Wildman–Crippen LogP) is 1.81. The summed E-state index contributed by atoms with van der Waals surface area (Å²) >= 11 is 3.16. The molecule has 0 bridgehead atoms. The Labute approximate surface area is 123 Å². The van der Waals surface area contributed by atoms with Gasteiger partial charge in [0.05, 0.1) is 0 Å². The predicted molar refractivity (Wildman–Crippen MR) is 82.5 cm³/mol. The van der Waals surface area contributed by atoms with E-state index in [0.29, 0.717) is 17.3 Å². The van der Waals surface area contributed by atoms with E-state index in [1.807, 2.05) is 17.1 Å². The van der Waals surface area contributed by atoms with Gasteiger partial charge < -0.3 is 4.90 Å². The van der Waals surface area contributed by atoms with Crippen molar-refractivity contribution in [2.75, 3.05) is 44.7 Å². The summed E-state index contributed by atoms with van der Waals surface area (Å²) in [6.07, 6.45) is 3.30. The fraction of sp³-hybridized carbons (Fsp3) is 0.667. The van der Waals surface area contributed by atoms with Crippen LogP contribution >= 0.6 is 23.1 Å². The van der Waals surface area contributed by atoms with E-state index in [-0.39, 0.29) is 0 Å². The van der Waals surface area contributed by atoms with Gasteiger partial charge in [0, 0.05) is 26.2 Å². The number of hydrogen-bond acceptors (Lipinski definition) is 5. The zero-order valence-electron chi connectivity index (χ0n) is 11.1. The SMILES string of the molecule is CSCCCN1CCN(S(=O)(=O)c2cccs2)CC1. The fourth-order valence-electron chi connectivity index (χ4n) is 2.16. The average Bonchev–Trinajstić information content (AvgIpc) is 2.94. The van der Waals surface area contributed by atoms with Gasteiger partial charge in [-0.25, -0.2) is 8.42 Å². The van der Waals surface area contributed by atoms with E-state index in [4.69, 9.17) is 0 Å². The average molecular weight is 321 g/mol. The molecule has 4 nitrogen and oxygen atoms in total. The van der Waals surface area contributed by atoms with Crippen LogP contribution in [0.15, 0.2) is 21.7 Å². The van der Waals surface area contributed by atoms with E-state index in [1.165, 1.54) is 23.5 Å². The minimum atomic E-state index is -3.25. The summed E-state index contributed by atoms with van der Waals surface area (Å²) in [6, 6.07) is 3.47. The lowest BCUT2D eigenvalue weighted by Crippen LogP contribution is -2.48. The number of hydrogen-bond donors (Lipinski definition) is 0. The van der Waals surface area contributed by atoms with Crippen molar-refractivity contribution in [2.24, 2.45) is 0 Å². The highest BCUT2D eigenvalue weighted by atomic mass is 32.2. The molecule has 108 valence electrons. The van der Waals surface area contributed by atoms with E-state index < -0.39 is 10.0 Å². The molecular formula is C12H20N2O2S3. The van der Waals surface area contributed by atoms with Crippen molar-refractivity contribution in [2.45, 2.75) is 10.6 Å². The van der Waals surface area contributed by atoms with Crippen LogP contribution in [0.4, 0.5) is 0 Å². The highest BCUT2D eigenvalue weighted by molar-refractivity contribution is 7.98. The number of thiophene rings is 1. The lowest BCUT2D eigenvalue weighted by atomic mass is 10.3. The maximum Gasteiger partial charge on any atom is 0.252 e. The fourth-order valence-corrected chi connectivity index (χ4v) is 5.15. The van der Waals surface area contributed by atoms with E-state index >= 15 is 0 Å². The Balaban J connectivity index is 1.86. The molecule has 1 fully saturated rings. The van der Waals surface area contributed by atoms with E-state index in [2.05, 4.69) is 11.2 Å². The van der Waals surface area contributed by atoms with Crippen LogP contribution in [0.3, 0.4) is 0 Å². The molecule has 0 aromatic carbocycles. The zero-order valence-corrected chi connectivity index (χ0v) is 13.6. The Bertz CT molecular complexity index is 465. The first kappa shape index (κ1) is 15.3. The molecule has 19 heavy (non-hydrogen) atoms. The highest BCUT2D eigenvalue weighted by Crippen LogP contribution is 2.22. The van der Waals surface area contributed by atoms with Crippen LogP contribution in [0.25, 0.3) is 0 Å². The van der Waals surface area contributed by atoms with Gasteiger partial charge in [0.1, 0.15) is 4.21 Å². The van der Waals surface area contributed by atoms with E-state index in [0.717, 1.165) is 19.6 Å². The first-order chi connectivity index (χ1) is 9.14. The van der Waals surface area contributed by atoms with Crippen LogP contribution in [-0.4, -0.2) is 62.4 Å². The van der Waals surface area contributed by atoms with Crippen molar-refractivity contribution in [3.8, 4) is 0 Å². The minimum absolute atomic E-state index is 0.461. The van der Waals surface area contributed by atoms with Gasteiger partial charge in [-0.1, -0.05) is 6.07 Å². The second-order valence-electron chi connectivity index (χ2n) is 4.52. The molecule has 0 saturated carbocycles. The van der Waals surface area contributed by atoms with Gasteiger partial charge in [0.25, 0.3) is 10.0 Å². The van der Waals surface area contributed by atoms with Crippen molar-refractivity contribution < 1.29 is 8.42 Å². The maximum atomic E-state index is 12.3. The van der Waals surface area contributed by atoms with Crippen LogP contribution in [0.1, 0.15) is 6.42 Å². The first-order valence-electron chi connectivity index (χ1n) is 6.39. The molecule has 1 aliphatic heterocycles. The summed E-state index contributed by atoms with van der Waals surface area (Å²) in [5, 5.41) is 1.81. The second kappa shape index (κ2) is 7.08. The van der Waals surface area contributed by atoms with Crippen molar-refractivity contribution >= 4 is 33.1 Å². The summed E-state index contributed by atoms with van der Waals surface area (Å²) in [4.78, 5) is 2.36. The molecule has 0 aliphatic carbocycles. The molecule has 1 aromatic heterocycles. The lowest BCUT2D eigenvalue weighted by Gasteiger charge is -2.33. The molecule has 0 spiro atoms. The van der Waals surface area contributed by atoms with Crippen molar-refractivity contribution in [1.29, 1.82) is 0 Å². The largest absolute Gasteiger partial charge is 0.301 e. The van der Waals surface area contributed by atoms with Gasteiger partial charge in [0.15, 0.2) is 0 Å². The molecule has 2 rings (SSSR count). The standard InChI is InChI=1S/C12H20N2O2S3/c1-17-10-3-5-13-6-8-14(9-7-13)19(15,16)12-4-2-11-18-12/h2,4,11H,3,5-10H2,1H3. The minimum Gasteiger partial charge on any atom is -0.301 e. The molecule has 2 heterocycles. The Morgan fingerprint density at radius 1 is 1.32 bits per heavy atom. The second-order valence-corrected chi connectivity index (χ2v) is 8.62. The van der Waals surface area contributed by atoms with Gasteiger partial charge in [-0.15, -0.1) is 11.3 Å². The molecule has 0 amide bonds. The third-order valence-corrected chi connectivity index (χ3v) is 7.21. The van der Waals surface area contributed by atoms with Gasteiger partial charge in [-0.05, 0) is 36.4 Å². The van der Waals surface area contributed by atoms with E-state index in [1.54, 1.807) is 16.4 Å². The molecule has 1 aliphatic rings. The van der Waals surface area contributed by atoms with Gasteiger partial charge >= 0.3 is 0 Å². The third kappa shape index (κ3) is 3.95. The molecule has 7 heteroatoms. The number of piperazine rings is 1. The molecule has 0 unspecified atom stereocenters. The molecule has 0 atom stereocenters. The molecular weight excluding hydrogens is 300 g/mol. The van der Waals surface area contributed by atoms with Crippen molar-refractivity contribution in [1.82, 2.24) is 9.21 Å². The van der Waals surface area contributed by atoms with Crippen LogP contribution < -0.4 is 0 Å². The Hall–Kier alpha value is -0.0800. The summed E-state index contributed by atoms with van der Waals surface area (Å²) in [7, 11) is -3.25. The molecule has 0 radical (unpaired) electrons. The number of sulfonamides is 1. The van der Waals surface area contributed by atoms with Gasteiger partial charge in [-0.3, -0.25) is 0 Å². The van der Waals surface area contributed by atoms with Gasteiger partial charge in [0.2, 0.25) is 0 Å². The molecule has 0 N–H and O–H groups in total. The summed E-state index contributed by atoms with van der Waals surface area (Å²) in [5.74, 6) is 1.17.